The Morgan fingerprint density at radius 3 is 3.00 bits per heavy atom. The molecule has 0 spiro atoms. The van der Waals surface area contributed by atoms with E-state index in [4.69, 9.17) is 0 Å². The molecule has 4 rings (SSSR count). The number of aromatic hydroxyl groups is 1. The fourth-order valence-electron chi connectivity index (χ4n) is 2.28. The molecule has 1 aromatic carbocycles. The van der Waals surface area contributed by atoms with E-state index in [1.165, 1.54) is 11.3 Å². The van der Waals surface area contributed by atoms with Gasteiger partial charge in [0, 0.05) is 11.9 Å². The molecule has 1 aliphatic heterocycles. The highest BCUT2D eigenvalue weighted by atomic mass is 32.1. The zero-order valence-corrected chi connectivity index (χ0v) is 11.8. The van der Waals surface area contributed by atoms with Gasteiger partial charge >= 0.3 is 0 Å². The SMILES string of the molecule is Oc1ccccc1-c1nc(-c2nnc3n2CCN=C3)cs1. The molecule has 1 aliphatic rings. The van der Waals surface area contributed by atoms with Crippen molar-refractivity contribution in [2.24, 2.45) is 4.99 Å². The molecule has 0 aliphatic carbocycles. The van der Waals surface area contributed by atoms with E-state index in [1.807, 2.05) is 22.1 Å². The minimum absolute atomic E-state index is 0.230. The second-order valence-electron chi connectivity index (χ2n) is 4.62. The highest BCUT2D eigenvalue weighted by Gasteiger charge is 2.18. The predicted octanol–water partition coefficient (Wildman–Crippen LogP) is 2.21. The summed E-state index contributed by atoms with van der Waals surface area (Å²) in [6, 6.07) is 7.18. The Balaban J connectivity index is 1.77. The van der Waals surface area contributed by atoms with E-state index in [0.29, 0.717) is 0 Å². The average molecular weight is 297 g/mol. The van der Waals surface area contributed by atoms with E-state index >= 15 is 0 Å². The van der Waals surface area contributed by atoms with Gasteiger partial charge in [-0.15, -0.1) is 21.5 Å². The molecule has 104 valence electrons. The van der Waals surface area contributed by atoms with Crippen LogP contribution in [0.15, 0.2) is 34.6 Å². The second-order valence-corrected chi connectivity index (χ2v) is 5.48. The molecule has 1 N–H and O–H groups in total. The van der Waals surface area contributed by atoms with Gasteiger partial charge in [-0.1, -0.05) is 12.1 Å². The van der Waals surface area contributed by atoms with E-state index in [-0.39, 0.29) is 5.75 Å². The maximum absolute atomic E-state index is 9.91. The lowest BCUT2D eigenvalue weighted by Crippen LogP contribution is -2.12. The lowest BCUT2D eigenvalue weighted by atomic mass is 10.2. The van der Waals surface area contributed by atoms with Crippen LogP contribution in [0.5, 0.6) is 5.75 Å². The predicted molar refractivity (Wildman–Crippen MR) is 80.7 cm³/mol. The smallest absolute Gasteiger partial charge is 0.183 e. The first-order valence-electron chi connectivity index (χ1n) is 6.50. The van der Waals surface area contributed by atoms with Gasteiger partial charge in [0.25, 0.3) is 0 Å². The molecular formula is C14H11N5OS. The Kier molecular flexibility index (Phi) is 2.78. The lowest BCUT2D eigenvalue weighted by Gasteiger charge is -2.08. The van der Waals surface area contributed by atoms with Crippen molar-refractivity contribution in [3.05, 3.63) is 35.5 Å². The topological polar surface area (TPSA) is 76.2 Å². The van der Waals surface area contributed by atoms with E-state index in [0.717, 1.165) is 41.0 Å². The van der Waals surface area contributed by atoms with Crippen molar-refractivity contribution < 1.29 is 5.11 Å². The first-order valence-corrected chi connectivity index (χ1v) is 7.38. The molecular weight excluding hydrogens is 286 g/mol. The number of nitrogens with zero attached hydrogens (tertiary/aromatic N) is 5. The average Bonchev–Trinajstić information content (AvgIpc) is 3.14. The number of phenolic OH excluding ortho intramolecular Hbond substituents is 1. The molecule has 0 saturated carbocycles. The van der Waals surface area contributed by atoms with E-state index < -0.39 is 0 Å². The van der Waals surface area contributed by atoms with Crippen LogP contribution in [0.3, 0.4) is 0 Å². The molecule has 3 aromatic rings. The number of phenols is 1. The van der Waals surface area contributed by atoms with Crippen LogP contribution in [0.1, 0.15) is 5.82 Å². The molecule has 0 amide bonds. The van der Waals surface area contributed by atoms with Gasteiger partial charge in [0.2, 0.25) is 0 Å². The number of rotatable bonds is 2. The molecule has 6 nitrogen and oxygen atoms in total. The van der Waals surface area contributed by atoms with Crippen LogP contribution < -0.4 is 0 Å². The van der Waals surface area contributed by atoms with Crippen molar-refractivity contribution in [1.29, 1.82) is 0 Å². The van der Waals surface area contributed by atoms with Gasteiger partial charge < -0.3 is 9.67 Å². The molecule has 7 heteroatoms. The molecule has 0 atom stereocenters. The number of benzene rings is 1. The zero-order chi connectivity index (χ0) is 14.2. The Labute approximate surface area is 124 Å². The zero-order valence-electron chi connectivity index (χ0n) is 11.0. The summed E-state index contributed by atoms with van der Waals surface area (Å²) < 4.78 is 2.01. The van der Waals surface area contributed by atoms with Crippen molar-refractivity contribution >= 4 is 17.6 Å². The monoisotopic (exact) mass is 297 g/mol. The molecule has 2 aromatic heterocycles. The third kappa shape index (κ3) is 2.02. The van der Waals surface area contributed by atoms with Crippen LogP contribution in [-0.2, 0) is 6.54 Å². The van der Waals surface area contributed by atoms with Gasteiger partial charge in [-0.2, -0.15) is 0 Å². The summed E-state index contributed by atoms with van der Waals surface area (Å²) >= 11 is 1.48. The standard InChI is InChI=1S/C14H11N5OS/c20-11-4-2-1-3-9(11)14-16-10(8-21-14)13-18-17-12-7-15-5-6-19(12)13/h1-4,7-8,20H,5-6H2. The first-order chi connectivity index (χ1) is 10.3. The van der Waals surface area contributed by atoms with Gasteiger partial charge in [-0.3, -0.25) is 4.99 Å². The fraction of sp³-hybridized carbons (Fsp3) is 0.143. The van der Waals surface area contributed by atoms with Crippen molar-refractivity contribution in [1.82, 2.24) is 19.7 Å². The second kappa shape index (κ2) is 4.78. The highest BCUT2D eigenvalue weighted by Crippen LogP contribution is 2.33. The molecule has 0 radical (unpaired) electrons. The molecule has 0 unspecified atom stereocenters. The Morgan fingerprint density at radius 2 is 2.10 bits per heavy atom. The number of aliphatic imine (C=N–C) groups is 1. The maximum Gasteiger partial charge on any atom is 0.183 e. The lowest BCUT2D eigenvalue weighted by molar-refractivity contribution is 0.477. The number of para-hydroxylation sites is 1. The fourth-order valence-corrected chi connectivity index (χ4v) is 3.11. The van der Waals surface area contributed by atoms with E-state index in [9.17, 15) is 5.11 Å². The van der Waals surface area contributed by atoms with Crippen LogP contribution in [0.2, 0.25) is 0 Å². The van der Waals surface area contributed by atoms with Crippen LogP contribution in [0.4, 0.5) is 0 Å². The largest absolute Gasteiger partial charge is 0.507 e. The number of fused-ring (bicyclic) bond motifs is 1. The Bertz CT molecular complexity index is 836. The van der Waals surface area contributed by atoms with Gasteiger partial charge in [0.15, 0.2) is 11.6 Å². The molecule has 21 heavy (non-hydrogen) atoms. The van der Waals surface area contributed by atoms with Gasteiger partial charge in [-0.25, -0.2) is 4.98 Å². The Hall–Kier alpha value is -2.54. The quantitative estimate of drug-likeness (QED) is 0.786. The Morgan fingerprint density at radius 1 is 1.19 bits per heavy atom. The maximum atomic E-state index is 9.91. The summed E-state index contributed by atoms with van der Waals surface area (Å²) in [5.41, 5.74) is 1.50. The van der Waals surface area contributed by atoms with Gasteiger partial charge in [-0.05, 0) is 12.1 Å². The summed E-state index contributed by atoms with van der Waals surface area (Å²) in [5, 5.41) is 20.9. The summed E-state index contributed by atoms with van der Waals surface area (Å²) in [4.78, 5) is 8.77. The van der Waals surface area contributed by atoms with Crippen LogP contribution >= 0.6 is 11.3 Å². The summed E-state index contributed by atoms with van der Waals surface area (Å²) in [6.07, 6.45) is 1.73. The van der Waals surface area contributed by atoms with Gasteiger partial charge in [0.1, 0.15) is 16.5 Å². The summed E-state index contributed by atoms with van der Waals surface area (Å²) in [5.74, 6) is 1.73. The number of thiazole rings is 1. The summed E-state index contributed by atoms with van der Waals surface area (Å²) in [6.45, 7) is 1.49. The van der Waals surface area contributed by atoms with Gasteiger partial charge in [0.05, 0.1) is 18.3 Å². The number of aromatic nitrogens is 4. The third-order valence-corrected chi connectivity index (χ3v) is 4.18. The minimum atomic E-state index is 0.230. The van der Waals surface area contributed by atoms with Crippen molar-refractivity contribution in [3.63, 3.8) is 0 Å². The molecule has 0 saturated heterocycles. The first kappa shape index (κ1) is 12.2. The molecule has 0 bridgehead atoms. The normalized spacial score (nSPS) is 13.3. The van der Waals surface area contributed by atoms with Crippen LogP contribution in [0, 0.1) is 0 Å². The summed E-state index contributed by atoms with van der Waals surface area (Å²) in [7, 11) is 0. The number of hydrogen-bond acceptors (Lipinski definition) is 6. The third-order valence-electron chi connectivity index (χ3n) is 3.31. The van der Waals surface area contributed by atoms with Crippen molar-refractivity contribution in [2.75, 3.05) is 6.54 Å². The highest BCUT2D eigenvalue weighted by molar-refractivity contribution is 7.13. The number of hydrogen-bond donors (Lipinski definition) is 1. The van der Waals surface area contributed by atoms with Crippen molar-refractivity contribution in [2.45, 2.75) is 6.54 Å². The minimum Gasteiger partial charge on any atom is -0.507 e. The van der Waals surface area contributed by atoms with E-state index in [1.54, 1.807) is 18.3 Å². The van der Waals surface area contributed by atoms with Crippen LogP contribution in [0.25, 0.3) is 22.1 Å². The molecule has 0 fully saturated rings. The molecule has 3 heterocycles. The van der Waals surface area contributed by atoms with Crippen LogP contribution in [-0.4, -0.2) is 37.6 Å². The van der Waals surface area contributed by atoms with E-state index in [2.05, 4.69) is 20.2 Å². The van der Waals surface area contributed by atoms with Crippen molar-refractivity contribution in [3.8, 4) is 27.8 Å².